The Morgan fingerprint density at radius 2 is 1.90 bits per heavy atom. The number of likely N-dealkylation sites (tertiary alicyclic amines) is 1. The van der Waals surface area contributed by atoms with Crippen molar-refractivity contribution in [2.75, 3.05) is 46.4 Å². The van der Waals surface area contributed by atoms with Crippen molar-refractivity contribution in [3.05, 3.63) is 0 Å². The van der Waals surface area contributed by atoms with E-state index in [0.29, 0.717) is 24.6 Å². The van der Waals surface area contributed by atoms with Crippen LogP contribution in [0, 0.1) is 0 Å². The summed E-state index contributed by atoms with van der Waals surface area (Å²) in [5.74, 6) is 0.214. The Hall–Kier alpha value is -0.720. The number of nitrogens with two attached hydrogens (primary N) is 1. The fourth-order valence-electron chi connectivity index (χ4n) is 2.37. The molecule has 1 heterocycles. The lowest BCUT2D eigenvalue weighted by molar-refractivity contribution is -0.132. The van der Waals surface area contributed by atoms with Gasteiger partial charge in [-0.2, -0.15) is 0 Å². The first kappa shape index (κ1) is 17.3. The summed E-state index contributed by atoms with van der Waals surface area (Å²) < 4.78 is 5.10. The van der Waals surface area contributed by atoms with E-state index in [0.717, 1.165) is 39.0 Å². The van der Waals surface area contributed by atoms with Crippen LogP contribution in [0.15, 0.2) is 0 Å². The molecule has 1 aliphatic rings. The third-order valence-electron chi connectivity index (χ3n) is 3.60. The summed E-state index contributed by atoms with van der Waals surface area (Å²) >= 11 is 4.91. The van der Waals surface area contributed by atoms with Gasteiger partial charge in [-0.25, -0.2) is 0 Å². The Bertz CT molecular complexity index is 305. The van der Waals surface area contributed by atoms with E-state index in [9.17, 15) is 4.79 Å². The van der Waals surface area contributed by atoms with E-state index in [2.05, 4.69) is 4.90 Å². The second-order valence-corrected chi connectivity index (χ2v) is 5.80. The van der Waals surface area contributed by atoms with Crippen molar-refractivity contribution in [2.45, 2.75) is 32.1 Å². The summed E-state index contributed by atoms with van der Waals surface area (Å²) in [5, 5.41) is 0. The smallest absolute Gasteiger partial charge is 0.236 e. The summed E-state index contributed by atoms with van der Waals surface area (Å²) in [7, 11) is 1.67. The van der Waals surface area contributed by atoms with Crippen molar-refractivity contribution >= 4 is 23.1 Å². The van der Waals surface area contributed by atoms with Gasteiger partial charge in [-0.1, -0.05) is 25.1 Å². The summed E-state index contributed by atoms with van der Waals surface area (Å²) in [6.45, 7) is 4.30. The van der Waals surface area contributed by atoms with Gasteiger partial charge in [0.25, 0.3) is 0 Å². The van der Waals surface area contributed by atoms with Crippen LogP contribution in [0.5, 0.6) is 0 Å². The van der Waals surface area contributed by atoms with Crippen LogP contribution in [-0.2, 0) is 9.53 Å². The van der Waals surface area contributed by atoms with Crippen LogP contribution in [0.2, 0.25) is 0 Å². The lowest BCUT2D eigenvalue weighted by Crippen LogP contribution is -2.42. The first-order chi connectivity index (χ1) is 9.63. The van der Waals surface area contributed by atoms with Gasteiger partial charge in [0.15, 0.2) is 0 Å². The van der Waals surface area contributed by atoms with Crippen LogP contribution in [0.3, 0.4) is 0 Å². The molecule has 0 aromatic carbocycles. The van der Waals surface area contributed by atoms with E-state index >= 15 is 0 Å². The number of hydrogen-bond acceptors (Lipinski definition) is 4. The molecule has 1 fully saturated rings. The highest BCUT2D eigenvalue weighted by molar-refractivity contribution is 7.80. The fraction of sp³-hybridized carbons (Fsp3) is 0.857. The topological polar surface area (TPSA) is 58.8 Å². The third kappa shape index (κ3) is 7.17. The Kier molecular flexibility index (Phi) is 8.73. The van der Waals surface area contributed by atoms with Crippen LogP contribution in [0.1, 0.15) is 32.1 Å². The van der Waals surface area contributed by atoms with Crippen molar-refractivity contribution in [3.63, 3.8) is 0 Å². The zero-order valence-corrected chi connectivity index (χ0v) is 13.3. The van der Waals surface area contributed by atoms with Crippen LogP contribution in [0.4, 0.5) is 0 Å². The number of thiocarbonyl (C=S) groups is 1. The average molecular weight is 301 g/mol. The highest BCUT2D eigenvalue weighted by Crippen LogP contribution is 2.10. The molecule has 1 amide bonds. The maximum Gasteiger partial charge on any atom is 0.236 e. The van der Waals surface area contributed by atoms with Crippen LogP contribution in [-0.4, -0.2) is 67.1 Å². The zero-order valence-electron chi connectivity index (χ0n) is 12.5. The molecule has 0 radical (unpaired) electrons. The lowest BCUT2D eigenvalue weighted by Gasteiger charge is -2.26. The SMILES string of the molecule is COCCN(CCC(N)=S)CC(=O)N1CCCCCC1. The van der Waals surface area contributed by atoms with E-state index in [4.69, 9.17) is 22.7 Å². The number of ether oxygens (including phenoxy) is 1. The monoisotopic (exact) mass is 301 g/mol. The molecule has 0 aliphatic carbocycles. The molecule has 0 spiro atoms. The van der Waals surface area contributed by atoms with Crippen molar-refractivity contribution < 1.29 is 9.53 Å². The van der Waals surface area contributed by atoms with Crippen molar-refractivity contribution in [1.82, 2.24) is 9.80 Å². The number of methoxy groups -OCH3 is 1. The summed E-state index contributed by atoms with van der Waals surface area (Å²) in [6, 6.07) is 0. The average Bonchev–Trinajstić information content (AvgIpc) is 2.70. The zero-order chi connectivity index (χ0) is 14.8. The largest absolute Gasteiger partial charge is 0.393 e. The number of amides is 1. The van der Waals surface area contributed by atoms with Gasteiger partial charge in [0.2, 0.25) is 5.91 Å². The normalized spacial score (nSPS) is 16.2. The van der Waals surface area contributed by atoms with Crippen molar-refractivity contribution in [3.8, 4) is 0 Å². The van der Waals surface area contributed by atoms with E-state index in [1.807, 2.05) is 4.90 Å². The summed E-state index contributed by atoms with van der Waals surface area (Å²) in [4.78, 5) is 16.9. The second kappa shape index (κ2) is 10.1. The molecule has 116 valence electrons. The molecule has 0 unspecified atom stereocenters. The van der Waals surface area contributed by atoms with Crippen LogP contribution >= 0.6 is 12.2 Å². The predicted octanol–water partition coefficient (Wildman–Crippen LogP) is 1.01. The molecular formula is C14H27N3O2S. The maximum absolute atomic E-state index is 12.3. The number of rotatable bonds is 8. The minimum Gasteiger partial charge on any atom is -0.393 e. The molecule has 1 saturated heterocycles. The molecule has 2 N–H and O–H groups in total. The van der Waals surface area contributed by atoms with Gasteiger partial charge in [-0.15, -0.1) is 0 Å². The molecule has 0 saturated carbocycles. The molecule has 1 aliphatic heterocycles. The molecule has 0 bridgehead atoms. The van der Waals surface area contributed by atoms with Gasteiger partial charge in [-0.05, 0) is 12.8 Å². The highest BCUT2D eigenvalue weighted by Gasteiger charge is 2.18. The molecule has 1 rings (SSSR count). The lowest BCUT2D eigenvalue weighted by atomic mass is 10.2. The number of carbonyl (C=O) groups excluding carboxylic acids is 1. The minimum absolute atomic E-state index is 0.214. The summed E-state index contributed by atoms with van der Waals surface area (Å²) in [6.07, 6.45) is 5.36. The number of nitrogens with zero attached hydrogens (tertiary/aromatic N) is 2. The predicted molar refractivity (Wildman–Crippen MR) is 84.8 cm³/mol. The minimum atomic E-state index is 0.214. The Morgan fingerprint density at radius 1 is 1.25 bits per heavy atom. The Morgan fingerprint density at radius 3 is 2.45 bits per heavy atom. The first-order valence-electron chi connectivity index (χ1n) is 7.41. The van der Waals surface area contributed by atoms with E-state index in [-0.39, 0.29) is 5.91 Å². The van der Waals surface area contributed by atoms with E-state index in [1.165, 1.54) is 12.8 Å². The van der Waals surface area contributed by atoms with Gasteiger partial charge in [0.1, 0.15) is 0 Å². The summed E-state index contributed by atoms with van der Waals surface area (Å²) in [5.41, 5.74) is 5.54. The van der Waals surface area contributed by atoms with Crippen molar-refractivity contribution in [2.24, 2.45) is 5.73 Å². The highest BCUT2D eigenvalue weighted by atomic mass is 32.1. The quantitative estimate of drug-likeness (QED) is 0.678. The molecule has 0 aromatic rings. The second-order valence-electron chi connectivity index (χ2n) is 5.28. The number of hydrogen-bond donors (Lipinski definition) is 1. The van der Waals surface area contributed by atoms with Gasteiger partial charge < -0.3 is 15.4 Å². The van der Waals surface area contributed by atoms with Crippen molar-refractivity contribution in [1.29, 1.82) is 0 Å². The number of carbonyl (C=O) groups is 1. The molecule has 6 heteroatoms. The maximum atomic E-state index is 12.3. The fourth-order valence-corrected chi connectivity index (χ4v) is 2.46. The van der Waals surface area contributed by atoms with E-state index < -0.39 is 0 Å². The first-order valence-corrected chi connectivity index (χ1v) is 7.81. The van der Waals surface area contributed by atoms with Crippen LogP contribution in [0.25, 0.3) is 0 Å². The van der Waals surface area contributed by atoms with Gasteiger partial charge in [0, 0.05) is 39.7 Å². The standard InChI is InChI=1S/C14H27N3O2S/c1-19-11-10-16(9-6-13(15)20)12-14(18)17-7-4-2-3-5-8-17/h2-12H2,1H3,(H2,15,20). The van der Waals surface area contributed by atoms with Crippen LogP contribution < -0.4 is 5.73 Å². The van der Waals surface area contributed by atoms with Gasteiger partial charge in [-0.3, -0.25) is 9.69 Å². The van der Waals surface area contributed by atoms with Gasteiger partial charge in [0.05, 0.1) is 18.1 Å². The molecular weight excluding hydrogens is 274 g/mol. The van der Waals surface area contributed by atoms with Gasteiger partial charge >= 0.3 is 0 Å². The Labute approximate surface area is 127 Å². The molecule has 0 atom stereocenters. The molecule has 0 aromatic heterocycles. The molecule has 5 nitrogen and oxygen atoms in total. The third-order valence-corrected chi connectivity index (χ3v) is 3.81. The molecule has 20 heavy (non-hydrogen) atoms. The Balaban J connectivity index is 2.43. The van der Waals surface area contributed by atoms with E-state index in [1.54, 1.807) is 7.11 Å².